The van der Waals surface area contributed by atoms with Crippen molar-refractivity contribution in [3.05, 3.63) is 23.8 Å². The molecule has 3 nitrogen and oxygen atoms in total. The number of ether oxygens (including phenoxy) is 1. The highest BCUT2D eigenvalue weighted by molar-refractivity contribution is 7.90. The molecule has 7 heteroatoms. The van der Waals surface area contributed by atoms with Crippen molar-refractivity contribution in [3.8, 4) is 5.75 Å². The summed E-state index contributed by atoms with van der Waals surface area (Å²) >= 11 is 0. The molecule has 0 unspecified atom stereocenters. The van der Waals surface area contributed by atoms with Gasteiger partial charge in [-0.3, -0.25) is 0 Å². The van der Waals surface area contributed by atoms with Gasteiger partial charge < -0.3 is 4.74 Å². The van der Waals surface area contributed by atoms with Gasteiger partial charge in [0, 0.05) is 6.26 Å². The molecular formula is C9H9F3O3S. The minimum atomic E-state index is -4.91. The molecule has 1 aromatic carbocycles. The number of sulfone groups is 1. The summed E-state index contributed by atoms with van der Waals surface area (Å²) in [6.45, 7) is 1.54. The van der Waals surface area contributed by atoms with Crippen LogP contribution in [-0.4, -0.2) is 21.0 Å². The van der Waals surface area contributed by atoms with Crippen molar-refractivity contribution in [3.63, 3.8) is 0 Å². The molecule has 0 spiro atoms. The second kappa shape index (κ2) is 3.97. The molecule has 0 saturated carbocycles. The Kier molecular flexibility index (Phi) is 3.18. The van der Waals surface area contributed by atoms with E-state index < -0.39 is 26.8 Å². The molecule has 0 aliphatic rings. The fraction of sp³-hybridized carbons (Fsp3) is 0.333. The van der Waals surface area contributed by atoms with Gasteiger partial charge in [0.05, 0.1) is 0 Å². The monoisotopic (exact) mass is 254 g/mol. The van der Waals surface area contributed by atoms with E-state index in [1.165, 1.54) is 13.0 Å². The average Bonchev–Trinajstić information content (AvgIpc) is 1.97. The van der Waals surface area contributed by atoms with Crippen molar-refractivity contribution in [1.29, 1.82) is 0 Å². The standard InChI is InChI=1S/C9H9F3O3S/c1-6-3-4-8(16(2,13)14)7(5-6)15-9(10,11)12/h3-5H,1-2H3. The molecule has 1 rings (SSSR count). The van der Waals surface area contributed by atoms with Gasteiger partial charge in [-0.25, -0.2) is 8.42 Å². The van der Waals surface area contributed by atoms with E-state index in [4.69, 9.17) is 0 Å². The van der Waals surface area contributed by atoms with Crippen molar-refractivity contribution < 1.29 is 26.3 Å². The van der Waals surface area contributed by atoms with Crippen molar-refractivity contribution in [1.82, 2.24) is 0 Å². The van der Waals surface area contributed by atoms with Gasteiger partial charge in [-0.1, -0.05) is 6.07 Å². The molecular weight excluding hydrogens is 245 g/mol. The predicted molar refractivity (Wildman–Crippen MR) is 51.0 cm³/mol. The molecule has 0 atom stereocenters. The Morgan fingerprint density at radius 3 is 2.25 bits per heavy atom. The van der Waals surface area contributed by atoms with Crippen LogP contribution in [0.4, 0.5) is 13.2 Å². The molecule has 0 aliphatic carbocycles. The summed E-state index contributed by atoms with van der Waals surface area (Å²) in [5.74, 6) is -0.699. The Morgan fingerprint density at radius 2 is 1.81 bits per heavy atom. The van der Waals surface area contributed by atoms with E-state index in [-0.39, 0.29) is 0 Å². The molecule has 1 aromatic rings. The summed E-state index contributed by atoms with van der Waals surface area (Å²) in [5, 5.41) is 0. The van der Waals surface area contributed by atoms with Crippen LogP contribution in [0.5, 0.6) is 5.75 Å². The highest BCUT2D eigenvalue weighted by Gasteiger charge is 2.33. The molecule has 0 N–H and O–H groups in total. The van der Waals surface area contributed by atoms with Gasteiger partial charge in [-0.05, 0) is 24.6 Å². The van der Waals surface area contributed by atoms with E-state index in [0.29, 0.717) is 5.56 Å². The Balaban J connectivity index is 3.30. The summed E-state index contributed by atoms with van der Waals surface area (Å²) in [6.07, 6.45) is -4.09. The highest BCUT2D eigenvalue weighted by atomic mass is 32.2. The number of rotatable bonds is 2. The van der Waals surface area contributed by atoms with Gasteiger partial charge in [-0.2, -0.15) is 0 Å². The zero-order valence-electron chi connectivity index (χ0n) is 8.50. The minimum Gasteiger partial charge on any atom is -0.404 e. The normalized spacial score (nSPS) is 12.6. The van der Waals surface area contributed by atoms with Gasteiger partial charge in [0.25, 0.3) is 0 Å². The maximum Gasteiger partial charge on any atom is 0.573 e. The van der Waals surface area contributed by atoms with E-state index in [2.05, 4.69) is 4.74 Å². The van der Waals surface area contributed by atoms with Crippen LogP contribution in [0.15, 0.2) is 23.1 Å². The maximum absolute atomic E-state index is 12.0. The lowest BCUT2D eigenvalue weighted by molar-refractivity contribution is -0.275. The second-order valence-corrected chi connectivity index (χ2v) is 5.25. The van der Waals surface area contributed by atoms with Gasteiger partial charge in [0.2, 0.25) is 0 Å². The smallest absolute Gasteiger partial charge is 0.404 e. The van der Waals surface area contributed by atoms with E-state index in [9.17, 15) is 21.6 Å². The van der Waals surface area contributed by atoms with Crippen LogP contribution < -0.4 is 4.74 Å². The Bertz CT molecular complexity index is 491. The quantitative estimate of drug-likeness (QED) is 0.813. The molecule has 0 bridgehead atoms. The topological polar surface area (TPSA) is 43.4 Å². The number of aryl methyl sites for hydroxylation is 1. The van der Waals surface area contributed by atoms with E-state index in [1.807, 2.05) is 0 Å². The molecule has 0 amide bonds. The van der Waals surface area contributed by atoms with Crippen molar-refractivity contribution in [2.75, 3.05) is 6.26 Å². The molecule has 0 saturated heterocycles. The Morgan fingerprint density at radius 1 is 1.25 bits per heavy atom. The molecule has 16 heavy (non-hydrogen) atoms. The highest BCUT2D eigenvalue weighted by Crippen LogP contribution is 2.30. The van der Waals surface area contributed by atoms with Crippen LogP contribution in [0, 0.1) is 6.92 Å². The Hall–Kier alpha value is -1.24. The summed E-state index contributed by atoms with van der Waals surface area (Å²) < 4.78 is 62.1. The first kappa shape index (κ1) is 12.8. The SMILES string of the molecule is Cc1ccc(S(C)(=O)=O)c(OC(F)(F)F)c1. The van der Waals surface area contributed by atoms with Gasteiger partial charge in [0.15, 0.2) is 9.84 Å². The minimum absolute atomic E-state index is 0.476. The first-order valence-corrected chi connectivity index (χ1v) is 6.05. The first-order valence-electron chi connectivity index (χ1n) is 4.16. The van der Waals surface area contributed by atoms with Crippen LogP contribution in [-0.2, 0) is 9.84 Å². The van der Waals surface area contributed by atoms with Crippen LogP contribution in [0.2, 0.25) is 0 Å². The number of hydrogen-bond acceptors (Lipinski definition) is 3. The molecule has 0 radical (unpaired) electrons. The number of hydrogen-bond donors (Lipinski definition) is 0. The third-order valence-electron chi connectivity index (χ3n) is 1.72. The summed E-state index contributed by atoms with van der Waals surface area (Å²) in [4.78, 5) is -0.476. The zero-order chi connectivity index (χ0) is 12.6. The van der Waals surface area contributed by atoms with Crippen LogP contribution >= 0.6 is 0 Å². The molecule has 0 fully saturated rings. The lowest BCUT2D eigenvalue weighted by atomic mass is 10.2. The van der Waals surface area contributed by atoms with Crippen molar-refractivity contribution >= 4 is 9.84 Å². The summed E-state index contributed by atoms with van der Waals surface area (Å²) in [6, 6.07) is 3.52. The molecule has 0 aliphatic heterocycles. The first-order chi connectivity index (χ1) is 7.09. The number of benzene rings is 1. The zero-order valence-corrected chi connectivity index (χ0v) is 9.32. The summed E-state index contributed by atoms with van der Waals surface area (Å²) in [7, 11) is -3.75. The van der Waals surface area contributed by atoms with Gasteiger partial charge in [-0.15, -0.1) is 13.2 Å². The fourth-order valence-electron chi connectivity index (χ4n) is 1.13. The third kappa shape index (κ3) is 3.41. The van der Waals surface area contributed by atoms with Gasteiger partial charge in [0.1, 0.15) is 10.6 Å². The Labute approximate surface area is 90.8 Å². The van der Waals surface area contributed by atoms with Crippen LogP contribution in [0.25, 0.3) is 0 Å². The summed E-state index contributed by atoms with van der Waals surface area (Å²) in [5.41, 5.74) is 0.478. The predicted octanol–water partition coefficient (Wildman–Crippen LogP) is 2.30. The number of halogens is 3. The van der Waals surface area contributed by atoms with Crippen LogP contribution in [0.3, 0.4) is 0 Å². The second-order valence-electron chi connectivity index (χ2n) is 3.27. The fourth-order valence-corrected chi connectivity index (χ4v) is 1.91. The van der Waals surface area contributed by atoms with Gasteiger partial charge >= 0.3 is 6.36 Å². The molecule has 0 heterocycles. The van der Waals surface area contributed by atoms with Crippen LogP contribution in [0.1, 0.15) is 5.56 Å². The lowest BCUT2D eigenvalue weighted by Crippen LogP contribution is -2.19. The third-order valence-corrected chi connectivity index (χ3v) is 2.86. The van der Waals surface area contributed by atoms with E-state index in [0.717, 1.165) is 18.4 Å². The average molecular weight is 254 g/mol. The van der Waals surface area contributed by atoms with Crippen molar-refractivity contribution in [2.45, 2.75) is 18.2 Å². The van der Waals surface area contributed by atoms with Crippen molar-refractivity contribution in [2.24, 2.45) is 0 Å². The van der Waals surface area contributed by atoms with E-state index in [1.54, 1.807) is 0 Å². The largest absolute Gasteiger partial charge is 0.573 e. The lowest BCUT2D eigenvalue weighted by Gasteiger charge is -2.12. The molecule has 90 valence electrons. The number of alkyl halides is 3. The van der Waals surface area contributed by atoms with E-state index >= 15 is 0 Å². The maximum atomic E-state index is 12.0. The molecule has 0 aromatic heterocycles.